The van der Waals surface area contributed by atoms with Gasteiger partial charge in [-0.25, -0.2) is 9.59 Å². The molecule has 0 bridgehead atoms. The van der Waals surface area contributed by atoms with Crippen LogP contribution in [0.1, 0.15) is 20.7 Å². The summed E-state index contributed by atoms with van der Waals surface area (Å²) in [4.78, 5) is 24.0. The minimum atomic E-state index is -0.568. The molecule has 0 amide bonds. The van der Waals surface area contributed by atoms with Crippen molar-refractivity contribution >= 4 is 23.3 Å². The van der Waals surface area contributed by atoms with Gasteiger partial charge >= 0.3 is 11.9 Å². The molecule has 0 atom stereocenters. The second-order valence-corrected chi connectivity index (χ2v) is 4.52. The van der Waals surface area contributed by atoms with Crippen LogP contribution in [0.5, 0.6) is 0 Å². The molecule has 0 aliphatic rings. The molecule has 0 saturated heterocycles. The van der Waals surface area contributed by atoms with Crippen molar-refractivity contribution in [3.63, 3.8) is 0 Å². The Bertz CT molecular complexity index is 677. The van der Waals surface area contributed by atoms with Crippen molar-refractivity contribution in [1.82, 2.24) is 0 Å². The number of carbonyl (C=O) groups is 2. The summed E-state index contributed by atoms with van der Waals surface area (Å²) in [6, 6.07) is 9.62. The Hall–Kier alpha value is -3.02. The van der Waals surface area contributed by atoms with E-state index in [0.29, 0.717) is 22.5 Å². The van der Waals surface area contributed by atoms with Crippen LogP contribution < -0.4 is 11.5 Å². The number of hydrogen-bond donors (Lipinski definition) is 2. The number of rotatable bonds is 3. The third-order valence-electron chi connectivity index (χ3n) is 3.25. The van der Waals surface area contributed by atoms with Crippen molar-refractivity contribution in [2.24, 2.45) is 0 Å². The second-order valence-electron chi connectivity index (χ2n) is 4.52. The van der Waals surface area contributed by atoms with Crippen molar-refractivity contribution in [3.8, 4) is 11.1 Å². The van der Waals surface area contributed by atoms with Gasteiger partial charge in [-0.05, 0) is 24.3 Å². The van der Waals surface area contributed by atoms with E-state index in [2.05, 4.69) is 0 Å². The van der Waals surface area contributed by atoms with Gasteiger partial charge in [-0.1, -0.05) is 12.1 Å². The molecule has 0 saturated carbocycles. The second kappa shape index (κ2) is 6.17. The molecular formula is C16H16N2O4. The number of methoxy groups -OCH3 is 2. The van der Waals surface area contributed by atoms with Gasteiger partial charge in [0.15, 0.2) is 0 Å². The topological polar surface area (TPSA) is 105 Å². The van der Waals surface area contributed by atoms with E-state index in [1.54, 1.807) is 36.4 Å². The van der Waals surface area contributed by atoms with E-state index in [-0.39, 0.29) is 11.1 Å². The number of hydrogen-bond acceptors (Lipinski definition) is 6. The van der Waals surface area contributed by atoms with E-state index in [9.17, 15) is 9.59 Å². The molecule has 22 heavy (non-hydrogen) atoms. The maximum absolute atomic E-state index is 12.0. The third kappa shape index (κ3) is 2.58. The Labute approximate surface area is 127 Å². The molecule has 0 unspecified atom stereocenters. The fraction of sp³-hybridized carbons (Fsp3) is 0.125. The summed E-state index contributed by atoms with van der Waals surface area (Å²) in [6.07, 6.45) is 0. The summed E-state index contributed by atoms with van der Waals surface area (Å²) in [5.41, 5.74) is 13.8. The first-order chi connectivity index (χ1) is 10.5. The Morgan fingerprint density at radius 1 is 0.773 bits per heavy atom. The number of nitrogens with two attached hydrogens (primary N) is 2. The molecule has 6 heteroatoms. The number of carbonyl (C=O) groups excluding carboxylic acids is 2. The van der Waals surface area contributed by atoms with Crippen LogP contribution in [0.4, 0.5) is 11.4 Å². The summed E-state index contributed by atoms with van der Waals surface area (Å²) < 4.78 is 9.54. The van der Waals surface area contributed by atoms with Gasteiger partial charge in [0, 0.05) is 22.5 Å². The predicted molar refractivity (Wildman–Crippen MR) is 83.4 cm³/mol. The molecule has 0 heterocycles. The van der Waals surface area contributed by atoms with Gasteiger partial charge in [0.2, 0.25) is 0 Å². The molecule has 2 aromatic carbocycles. The minimum Gasteiger partial charge on any atom is -0.465 e. The van der Waals surface area contributed by atoms with Gasteiger partial charge in [-0.2, -0.15) is 0 Å². The summed E-state index contributed by atoms with van der Waals surface area (Å²) >= 11 is 0. The summed E-state index contributed by atoms with van der Waals surface area (Å²) in [6.45, 7) is 0. The summed E-state index contributed by atoms with van der Waals surface area (Å²) in [5, 5.41) is 0. The lowest BCUT2D eigenvalue weighted by Crippen LogP contribution is -2.11. The zero-order valence-corrected chi connectivity index (χ0v) is 12.3. The molecule has 4 N–H and O–H groups in total. The highest BCUT2D eigenvalue weighted by Gasteiger charge is 2.23. The van der Waals surface area contributed by atoms with Crippen molar-refractivity contribution in [2.75, 3.05) is 25.7 Å². The number of ether oxygens (including phenoxy) is 2. The Balaban J connectivity index is 2.83. The fourth-order valence-electron chi connectivity index (χ4n) is 2.26. The Morgan fingerprint density at radius 2 is 1.14 bits per heavy atom. The van der Waals surface area contributed by atoms with Crippen LogP contribution in [-0.4, -0.2) is 26.2 Å². The van der Waals surface area contributed by atoms with Crippen LogP contribution in [0.3, 0.4) is 0 Å². The van der Waals surface area contributed by atoms with E-state index >= 15 is 0 Å². The van der Waals surface area contributed by atoms with Crippen molar-refractivity contribution in [3.05, 3.63) is 47.5 Å². The number of nitrogen functional groups attached to an aromatic ring is 2. The first kappa shape index (κ1) is 15.4. The highest BCUT2D eigenvalue weighted by atomic mass is 16.5. The Morgan fingerprint density at radius 3 is 1.45 bits per heavy atom. The van der Waals surface area contributed by atoms with Crippen LogP contribution in [0.2, 0.25) is 0 Å². The molecular weight excluding hydrogens is 284 g/mol. The largest absolute Gasteiger partial charge is 0.465 e. The van der Waals surface area contributed by atoms with Crippen LogP contribution in [0, 0.1) is 0 Å². The third-order valence-corrected chi connectivity index (χ3v) is 3.25. The average Bonchev–Trinajstić information content (AvgIpc) is 2.53. The summed E-state index contributed by atoms with van der Waals surface area (Å²) in [5.74, 6) is -1.14. The van der Waals surface area contributed by atoms with E-state index < -0.39 is 11.9 Å². The van der Waals surface area contributed by atoms with Crippen LogP contribution >= 0.6 is 0 Å². The number of esters is 2. The van der Waals surface area contributed by atoms with Gasteiger partial charge in [0.25, 0.3) is 0 Å². The highest BCUT2D eigenvalue weighted by molar-refractivity contribution is 6.08. The van der Waals surface area contributed by atoms with Crippen LogP contribution in [-0.2, 0) is 9.47 Å². The van der Waals surface area contributed by atoms with Gasteiger partial charge in [-0.3, -0.25) is 0 Å². The van der Waals surface area contributed by atoms with E-state index in [1.807, 2.05) is 0 Å². The number of benzene rings is 2. The molecule has 2 aromatic rings. The normalized spacial score (nSPS) is 10.1. The van der Waals surface area contributed by atoms with Gasteiger partial charge < -0.3 is 20.9 Å². The van der Waals surface area contributed by atoms with E-state index in [4.69, 9.17) is 20.9 Å². The molecule has 114 valence electrons. The first-order valence-corrected chi connectivity index (χ1v) is 6.45. The highest BCUT2D eigenvalue weighted by Crippen LogP contribution is 2.37. The minimum absolute atomic E-state index is 0.227. The maximum Gasteiger partial charge on any atom is 0.338 e. The molecule has 0 fully saturated rings. The zero-order chi connectivity index (χ0) is 16.3. The van der Waals surface area contributed by atoms with Gasteiger partial charge in [0.1, 0.15) is 0 Å². The maximum atomic E-state index is 12.0. The fourth-order valence-corrected chi connectivity index (χ4v) is 2.26. The molecule has 0 radical (unpaired) electrons. The SMILES string of the molecule is COC(=O)c1cccc(N)c1-c1c(N)cccc1C(=O)OC. The lowest BCUT2D eigenvalue weighted by atomic mass is 9.92. The standard InChI is InChI=1S/C16H16N2O4/c1-21-15(19)9-5-3-7-11(17)13(9)14-10(16(20)22-2)6-4-8-12(14)18/h3-8H,17-18H2,1-2H3. The Kier molecular flexibility index (Phi) is 4.31. The van der Waals surface area contributed by atoms with Crippen molar-refractivity contribution in [2.45, 2.75) is 0 Å². The van der Waals surface area contributed by atoms with E-state index in [0.717, 1.165) is 0 Å². The number of anilines is 2. The van der Waals surface area contributed by atoms with Crippen LogP contribution in [0.15, 0.2) is 36.4 Å². The smallest absolute Gasteiger partial charge is 0.338 e. The first-order valence-electron chi connectivity index (χ1n) is 6.45. The average molecular weight is 300 g/mol. The van der Waals surface area contributed by atoms with E-state index in [1.165, 1.54) is 14.2 Å². The van der Waals surface area contributed by atoms with Crippen LogP contribution in [0.25, 0.3) is 11.1 Å². The summed E-state index contributed by atoms with van der Waals surface area (Å²) in [7, 11) is 2.54. The lowest BCUT2D eigenvalue weighted by molar-refractivity contribution is 0.0590. The predicted octanol–water partition coefficient (Wildman–Crippen LogP) is 2.09. The quantitative estimate of drug-likeness (QED) is 0.664. The van der Waals surface area contributed by atoms with Gasteiger partial charge in [0.05, 0.1) is 25.3 Å². The molecule has 2 rings (SSSR count). The van der Waals surface area contributed by atoms with Crippen molar-refractivity contribution < 1.29 is 19.1 Å². The molecule has 0 aliphatic carbocycles. The lowest BCUT2D eigenvalue weighted by Gasteiger charge is -2.16. The molecule has 0 aliphatic heterocycles. The molecule has 6 nitrogen and oxygen atoms in total. The molecule has 0 spiro atoms. The molecule has 0 aromatic heterocycles. The monoisotopic (exact) mass is 300 g/mol. The van der Waals surface area contributed by atoms with Gasteiger partial charge in [-0.15, -0.1) is 0 Å². The zero-order valence-electron chi connectivity index (χ0n) is 12.3. The van der Waals surface area contributed by atoms with Crippen molar-refractivity contribution in [1.29, 1.82) is 0 Å².